The topological polar surface area (TPSA) is 62.7 Å². The Balaban J connectivity index is 3.27. The fraction of sp³-hybridized carbons (Fsp3) is 0.333. The SMILES string of the molecule is CC(N)(C#N)c1ncc(C(F)(F)F)cc1Cl. The number of nitrogens with zero attached hydrogens (tertiary/aromatic N) is 2. The molecule has 16 heavy (non-hydrogen) atoms. The van der Waals surface area contributed by atoms with Gasteiger partial charge in [0, 0.05) is 6.20 Å². The van der Waals surface area contributed by atoms with Gasteiger partial charge >= 0.3 is 6.18 Å². The quantitative estimate of drug-likeness (QED) is 0.832. The molecule has 0 saturated heterocycles. The highest BCUT2D eigenvalue weighted by atomic mass is 35.5. The van der Waals surface area contributed by atoms with Crippen LogP contribution in [0.25, 0.3) is 0 Å². The molecule has 2 N–H and O–H groups in total. The number of nitriles is 1. The van der Waals surface area contributed by atoms with Crippen LogP contribution in [0.5, 0.6) is 0 Å². The highest BCUT2D eigenvalue weighted by molar-refractivity contribution is 6.31. The Labute approximate surface area is 94.6 Å². The lowest BCUT2D eigenvalue weighted by molar-refractivity contribution is -0.137. The van der Waals surface area contributed by atoms with Gasteiger partial charge in [-0.2, -0.15) is 18.4 Å². The molecule has 86 valence electrons. The summed E-state index contributed by atoms with van der Waals surface area (Å²) in [5, 5.41) is 8.43. The number of rotatable bonds is 1. The van der Waals surface area contributed by atoms with Crippen LogP contribution >= 0.6 is 11.6 Å². The molecule has 0 fully saturated rings. The van der Waals surface area contributed by atoms with Gasteiger partial charge in [-0.15, -0.1) is 0 Å². The molecule has 0 aliphatic rings. The lowest BCUT2D eigenvalue weighted by atomic mass is 10.0. The lowest BCUT2D eigenvalue weighted by Crippen LogP contribution is -2.32. The first-order chi connectivity index (χ1) is 7.18. The van der Waals surface area contributed by atoms with Crippen LogP contribution in [-0.2, 0) is 11.7 Å². The molecule has 1 aromatic rings. The molecule has 1 rings (SSSR count). The van der Waals surface area contributed by atoms with Gasteiger partial charge in [0.15, 0.2) is 0 Å². The van der Waals surface area contributed by atoms with E-state index in [1.165, 1.54) is 6.92 Å². The van der Waals surface area contributed by atoms with E-state index in [1.54, 1.807) is 6.07 Å². The largest absolute Gasteiger partial charge is 0.417 e. The van der Waals surface area contributed by atoms with Crippen molar-refractivity contribution in [3.05, 3.63) is 28.5 Å². The minimum atomic E-state index is -4.52. The van der Waals surface area contributed by atoms with Crippen molar-refractivity contribution in [1.82, 2.24) is 4.98 Å². The Morgan fingerprint density at radius 3 is 2.44 bits per heavy atom. The summed E-state index contributed by atoms with van der Waals surface area (Å²) in [6.45, 7) is 1.31. The van der Waals surface area contributed by atoms with E-state index in [-0.39, 0.29) is 10.7 Å². The standard InChI is InChI=1S/C9H7ClF3N3/c1-8(15,4-14)7-6(10)2-5(3-16-7)9(11,12)13/h2-3H,15H2,1H3. The number of pyridine rings is 1. The molecular formula is C9H7ClF3N3. The second-order valence-electron chi connectivity index (χ2n) is 3.37. The highest BCUT2D eigenvalue weighted by Crippen LogP contribution is 2.32. The molecule has 1 aromatic heterocycles. The minimum absolute atomic E-state index is 0.0790. The molecule has 0 radical (unpaired) electrons. The molecular weight excluding hydrogens is 243 g/mol. The predicted octanol–water partition coefficient (Wildman–Crippen LogP) is 2.45. The van der Waals surface area contributed by atoms with E-state index >= 15 is 0 Å². The van der Waals surface area contributed by atoms with Crippen molar-refractivity contribution in [2.45, 2.75) is 18.6 Å². The van der Waals surface area contributed by atoms with Gasteiger partial charge in [0.25, 0.3) is 0 Å². The number of nitrogens with two attached hydrogens (primary N) is 1. The van der Waals surface area contributed by atoms with E-state index in [2.05, 4.69) is 4.98 Å². The third kappa shape index (κ3) is 2.43. The van der Waals surface area contributed by atoms with Crippen LogP contribution in [0.3, 0.4) is 0 Å². The first kappa shape index (κ1) is 12.7. The van der Waals surface area contributed by atoms with Gasteiger partial charge in [-0.1, -0.05) is 11.6 Å². The average Bonchev–Trinajstić information content (AvgIpc) is 2.16. The summed E-state index contributed by atoms with van der Waals surface area (Å²) in [6, 6.07) is 2.41. The van der Waals surface area contributed by atoms with Crippen LogP contribution in [-0.4, -0.2) is 4.98 Å². The summed E-state index contributed by atoms with van der Waals surface area (Å²) in [5.41, 5.74) is 2.94. The summed E-state index contributed by atoms with van der Waals surface area (Å²) in [5.74, 6) is 0. The molecule has 0 amide bonds. The third-order valence-electron chi connectivity index (χ3n) is 1.89. The smallest absolute Gasteiger partial charge is 0.309 e. The maximum Gasteiger partial charge on any atom is 0.417 e. The molecule has 0 bridgehead atoms. The Bertz CT molecular complexity index is 448. The van der Waals surface area contributed by atoms with Crippen LogP contribution < -0.4 is 5.73 Å². The maximum atomic E-state index is 12.3. The van der Waals surface area contributed by atoms with Gasteiger partial charge in [0.2, 0.25) is 0 Å². The van der Waals surface area contributed by atoms with Crippen molar-refractivity contribution in [1.29, 1.82) is 5.26 Å². The van der Waals surface area contributed by atoms with Crippen molar-refractivity contribution >= 4 is 11.6 Å². The van der Waals surface area contributed by atoms with Crippen LogP contribution in [0.15, 0.2) is 12.3 Å². The second-order valence-corrected chi connectivity index (χ2v) is 3.77. The molecule has 0 aliphatic carbocycles. The van der Waals surface area contributed by atoms with E-state index in [9.17, 15) is 13.2 Å². The van der Waals surface area contributed by atoms with Crippen LogP contribution in [0.4, 0.5) is 13.2 Å². The van der Waals surface area contributed by atoms with Crippen molar-refractivity contribution in [2.24, 2.45) is 5.73 Å². The zero-order valence-corrected chi connectivity index (χ0v) is 8.89. The van der Waals surface area contributed by atoms with Gasteiger partial charge in [-0.3, -0.25) is 4.98 Å². The van der Waals surface area contributed by atoms with Gasteiger partial charge in [-0.05, 0) is 13.0 Å². The molecule has 1 atom stereocenters. The Morgan fingerprint density at radius 2 is 2.06 bits per heavy atom. The zero-order valence-electron chi connectivity index (χ0n) is 8.14. The summed E-state index contributed by atoms with van der Waals surface area (Å²) in [6.07, 6.45) is -3.92. The van der Waals surface area contributed by atoms with Crippen LogP contribution in [0.1, 0.15) is 18.2 Å². The fourth-order valence-electron chi connectivity index (χ4n) is 1.03. The predicted molar refractivity (Wildman–Crippen MR) is 51.4 cm³/mol. The maximum absolute atomic E-state index is 12.3. The number of hydrogen-bond donors (Lipinski definition) is 1. The average molecular weight is 250 g/mol. The van der Waals surface area contributed by atoms with Crippen molar-refractivity contribution in [2.75, 3.05) is 0 Å². The normalized spacial score (nSPS) is 15.3. The zero-order chi connectivity index (χ0) is 12.6. The number of aromatic nitrogens is 1. The summed E-state index contributed by atoms with van der Waals surface area (Å²) in [7, 11) is 0. The Morgan fingerprint density at radius 1 is 1.50 bits per heavy atom. The molecule has 1 heterocycles. The molecule has 7 heteroatoms. The minimum Gasteiger partial charge on any atom is -0.309 e. The van der Waals surface area contributed by atoms with E-state index in [1.807, 2.05) is 0 Å². The van der Waals surface area contributed by atoms with Crippen LogP contribution in [0.2, 0.25) is 5.02 Å². The number of halogens is 4. The summed E-state index contributed by atoms with van der Waals surface area (Å²) in [4.78, 5) is 3.49. The number of hydrogen-bond acceptors (Lipinski definition) is 3. The Kier molecular flexibility index (Phi) is 3.13. The van der Waals surface area contributed by atoms with Crippen molar-refractivity contribution in [3.63, 3.8) is 0 Å². The Hall–Kier alpha value is -1.32. The highest BCUT2D eigenvalue weighted by Gasteiger charge is 2.33. The molecule has 1 unspecified atom stereocenters. The van der Waals surface area contributed by atoms with Gasteiger partial charge < -0.3 is 5.73 Å². The van der Waals surface area contributed by atoms with E-state index < -0.39 is 17.3 Å². The fourth-order valence-corrected chi connectivity index (χ4v) is 1.39. The first-order valence-electron chi connectivity index (χ1n) is 4.12. The molecule has 0 aromatic carbocycles. The van der Waals surface area contributed by atoms with E-state index in [0.29, 0.717) is 12.3 Å². The number of alkyl halides is 3. The van der Waals surface area contributed by atoms with Gasteiger partial charge in [-0.25, -0.2) is 0 Å². The molecule has 0 spiro atoms. The molecule has 3 nitrogen and oxygen atoms in total. The first-order valence-corrected chi connectivity index (χ1v) is 4.49. The lowest BCUT2D eigenvalue weighted by Gasteiger charge is -2.17. The second kappa shape index (κ2) is 3.92. The van der Waals surface area contributed by atoms with Crippen LogP contribution in [0, 0.1) is 11.3 Å². The summed E-state index contributed by atoms with van der Waals surface area (Å²) >= 11 is 5.61. The summed E-state index contributed by atoms with van der Waals surface area (Å²) < 4.78 is 36.8. The third-order valence-corrected chi connectivity index (χ3v) is 2.18. The monoisotopic (exact) mass is 249 g/mol. The van der Waals surface area contributed by atoms with Gasteiger partial charge in [0.1, 0.15) is 5.54 Å². The molecule has 0 aliphatic heterocycles. The van der Waals surface area contributed by atoms with E-state index in [0.717, 1.165) is 0 Å². The van der Waals surface area contributed by atoms with Crippen molar-refractivity contribution in [3.8, 4) is 6.07 Å². The molecule has 0 saturated carbocycles. The van der Waals surface area contributed by atoms with Crippen molar-refractivity contribution < 1.29 is 13.2 Å². The van der Waals surface area contributed by atoms with E-state index in [4.69, 9.17) is 22.6 Å². The van der Waals surface area contributed by atoms with Gasteiger partial charge in [0.05, 0.1) is 22.3 Å².